The topological polar surface area (TPSA) is 306 Å². The van der Waals surface area contributed by atoms with Crippen molar-refractivity contribution in [1.29, 1.82) is 10.5 Å². The van der Waals surface area contributed by atoms with Gasteiger partial charge in [-0.05, 0) is 257 Å². The Labute approximate surface area is 660 Å². The molecule has 0 amide bonds. The number of ether oxygens (including phenoxy) is 8. The van der Waals surface area contributed by atoms with E-state index in [1.165, 1.54) is 56.1 Å². The minimum Gasteiger partial charge on any atom is -0.743 e. The number of esters is 6. The summed E-state index contributed by atoms with van der Waals surface area (Å²) in [5.41, 5.74) is -0.164. The number of carbonyl (C=O) groups is 6. The Hall–Kier alpha value is -9.21. The van der Waals surface area contributed by atoms with Crippen LogP contribution in [0.2, 0.25) is 0 Å². The van der Waals surface area contributed by atoms with Crippen LogP contribution in [-0.4, -0.2) is 116 Å². The average Bonchev–Trinajstić information content (AvgIpc) is 0.737. The predicted molar refractivity (Wildman–Crippen MR) is 412 cm³/mol. The number of nitriles is 2. The molecule has 0 heterocycles. The summed E-state index contributed by atoms with van der Waals surface area (Å²) in [5.74, 6) is 2.33. The van der Waals surface area contributed by atoms with Gasteiger partial charge in [0.25, 0.3) is 0 Å². The molecule has 2 atom stereocenters. The number of hydrogen-bond donors (Lipinski definition) is 0. The van der Waals surface area contributed by atoms with Crippen molar-refractivity contribution in [3.05, 3.63) is 168 Å². The Kier molecular flexibility index (Phi) is 28.3. The molecule has 0 aliphatic heterocycles. The average molecular weight is 1590 g/mol. The molecule has 21 nitrogen and oxygen atoms in total. The lowest BCUT2D eigenvalue weighted by molar-refractivity contribution is -0.207. The zero-order valence-corrected chi connectivity index (χ0v) is 67.3. The van der Waals surface area contributed by atoms with Gasteiger partial charge in [0.2, 0.25) is 0 Å². The van der Waals surface area contributed by atoms with Crippen LogP contribution in [0, 0.1) is 97.7 Å². The number of alkyl halides is 2. The molecule has 6 aromatic rings. The van der Waals surface area contributed by atoms with E-state index < -0.39 is 86.5 Å². The summed E-state index contributed by atoms with van der Waals surface area (Å²) in [6.45, 7) is 13.4. The van der Waals surface area contributed by atoms with Crippen LogP contribution in [-0.2, 0) is 89.1 Å². The summed E-state index contributed by atoms with van der Waals surface area (Å²) >= 11 is 0. The first-order valence-corrected chi connectivity index (χ1v) is 41.9. The molecule has 112 heavy (non-hydrogen) atoms. The van der Waals surface area contributed by atoms with Crippen molar-refractivity contribution in [2.24, 2.45) is 57.6 Å². The van der Waals surface area contributed by atoms with Crippen molar-refractivity contribution in [2.75, 3.05) is 39.6 Å². The molecule has 0 radical (unpaired) electrons. The SMILES string of the molecule is CCOC(=O)CCC(C)(C#N)N=NC(C)(C#N)CCC(=O)OCC(F)(F)S(=O)(=O)[O-].Cc1cc([S+](c2ccccc2)c2ccccc2)cc(C)c1OCC(=O)OCC(=O)OC1(C)C2CC3CC(C2)CC1C3.Cc1cc([S+](c2ccccc2)c2ccccc2)cc(C)c1OCC(=O)OCC(=O)OC1(C)C2CC3CC(C2)CC1C3. The first-order valence-electron chi connectivity index (χ1n) is 38.1. The van der Waals surface area contributed by atoms with Crippen LogP contribution in [0.4, 0.5) is 8.78 Å². The standard InChI is InChI=1S/2C35H39O5S.C16H22F2N4O7S/c2*1-23-14-31(41(29-10-6-4-7-11-29)30-12-8-5-9-13-30)15-24(2)34(23)39-21-32(36)38-22-33(37)40-35(3)27-17-25-16-26(19-27)20-28(35)18-25;1-4-28-12(23)5-7-14(2,9-19)21-22-15(3,10-20)8-6-13(24)29-11-16(17,18)30(25,26)27/h2*4-15,25-28H,16-22H2,1-3H3;4-8,11H2,1-3H3,(H,25,26,27)/q2*+1;/p-1. The van der Waals surface area contributed by atoms with E-state index in [0.717, 1.165) is 97.3 Å². The van der Waals surface area contributed by atoms with E-state index in [0.29, 0.717) is 35.2 Å². The summed E-state index contributed by atoms with van der Waals surface area (Å²) in [7, 11) is -6.54. The van der Waals surface area contributed by atoms with Crippen LogP contribution in [0.3, 0.4) is 0 Å². The predicted octanol–water partition coefficient (Wildman–Crippen LogP) is 16.0. The lowest BCUT2D eigenvalue weighted by Crippen LogP contribution is -2.58. The van der Waals surface area contributed by atoms with Gasteiger partial charge in [-0.25, -0.2) is 27.6 Å². The van der Waals surface area contributed by atoms with Crippen LogP contribution in [0.15, 0.2) is 185 Å². The van der Waals surface area contributed by atoms with Crippen molar-refractivity contribution in [3.63, 3.8) is 0 Å². The van der Waals surface area contributed by atoms with Crippen molar-refractivity contribution in [3.8, 4) is 23.6 Å². The van der Waals surface area contributed by atoms with Crippen molar-refractivity contribution < 1.29 is 88.4 Å². The Bertz CT molecular complexity index is 4170. The van der Waals surface area contributed by atoms with Crippen molar-refractivity contribution in [1.82, 2.24) is 0 Å². The van der Waals surface area contributed by atoms with Gasteiger partial charge in [-0.3, -0.25) is 9.59 Å². The number of azo groups is 1. The molecule has 0 N–H and O–H groups in total. The molecule has 8 fully saturated rings. The van der Waals surface area contributed by atoms with Crippen LogP contribution < -0.4 is 9.47 Å². The fourth-order valence-electron chi connectivity index (χ4n) is 17.0. The Morgan fingerprint density at radius 1 is 0.464 bits per heavy atom. The fraction of sp³-hybridized carbons (Fsp3) is 0.488. The molecular weight excluding hydrogens is 1500 g/mol. The number of hydrogen-bond acceptors (Lipinski definition) is 21. The molecule has 0 aromatic heterocycles. The van der Waals surface area contributed by atoms with Gasteiger partial charge in [0.1, 0.15) is 22.7 Å². The van der Waals surface area contributed by atoms with Crippen LogP contribution in [0.1, 0.15) is 147 Å². The van der Waals surface area contributed by atoms with Gasteiger partial charge in [0, 0.05) is 37.1 Å². The Balaban J connectivity index is 0.000000181. The maximum absolute atomic E-state index is 13.0. The van der Waals surface area contributed by atoms with E-state index in [4.69, 9.17) is 33.2 Å². The second-order valence-electron chi connectivity index (χ2n) is 31.0. The van der Waals surface area contributed by atoms with Gasteiger partial charge in [0.05, 0.1) is 40.5 Å². The maximum Gasteiger partial charge on any atom is 0.367 e. The van der Waals surface area contributed by atoms with Gasteiger partial charge < -0.3 is 42.4 Å². The lowest BCUT2D eigenvalue weighted by atomic mass is 9.50. The second-order valence-corrected chi connectivity index (χ2v) is 36.5. The third kappa shape index (κ3) is 21.6. The molecule has 596 valence electrons. The van der Waals surface area contributed by atoms with Gasteiger partial charge >= 0.3 is 41.1 Å². The zero-order valence-electron chi connectivity index (χ0n) is 64.8. The smallest absolute Gasteiger partial charge is 0.367 e. The van der Waals surface area contributed by atoms with Gasteiger partial charge in [-0.1, -0.05) is 72.8 Å². The lowest BCUT2D eigenvalue weighted by Gasteiger charge is -2.59. The first kappa shape index (κ1) is 85.2. The van der Waals surface area contributed by atoms with Crippen molar-refractivity contribution in [2.45, 2.75) is 209 Å². The molecule has 0 saturated heterocycles. The molecule has 14 rings (SSSR count). The number of benzene rings is 6. The number of halogens is 2. The molecule has 8 aliphatic rings. The normalized spacial score (nSPS) is 23.4. The summed E-state index contributed by atoms with van der Waals surface area (Å²) in [6.07, 6.45) is 10.8. The molecule has 26 heteroatoms. The quantitative estimate of drug-likeness (QED) is 0.0133. The number of aryl methyl sites for hydroxylation is 4. The van der Waals surface area contributed by atoms with Crippen LogP contribution in [0.25, 0.3) is 0 Å². The zero-order chi connectivity index (χ0) is 80.8. The third-order valence-corrected chi connectivity index (χ3v) is 27.7. The molecular formula is C86H99F2N4O17S3+. The number of nitrogens with zero attached hydrogens (tertiary/aromatic N) is 4. The fourth-order valence-corrected chi connectivity index (χ4v) is 21.7. The van der Waals surface area contributed by atoms with Gasteiger partial charge in [-0.15, -0.1) is 0 Å². The molecule has 2 unspecified atom stereocenters. The molecule has 8 saturated carbocycles. The van der Waals surface area contributed by atoms with Gasteiger partial charge in [0.15, 0.2) is 83.6 Å². The monoisotopic (exact) mass is 1590 g/mol. The van der Waals surface area contributed by atoms with E-state index in [9.17, 15) is 61.0 Å². The second kappa shape index (κ2) is 37.2. The Morgan fingerprint density at radius 3 is 1.04 bits per heavy atom. The van der Waals surface area contributed by atoms with Gasteiger partial charge in [-0.2, -0.15) is 29.5 Å². The van der Waals surface area contributed by atoms with E-state index in [1.54, 1.807) is 13.0 Å². The maximum atomic E-state index is 13.0. The highest BCUT2D eigenvalue weighted by Gasteiger charge is 2.59. The minimum absolute atomic E-state index is 0.0475. The van der Waals surface area contributed by atoms with E-state index >= 15 is 0 Å². The highest BCUT2D eigenvalue weighted by molar-refractivity contribution is 7.97. The summed E-state index contributed by atoms with van der Waals surface area (Å²) < 4.78 is 100. The summed E-state index contributed by atoms with van der Waals surface area (Å²) in [5, 5.41) is 21.3. The minimum atomic E-state index is -6.00. The number of rotatable bonds is 30. The third-order valence-electron chi connectivity index (χ3n) is 22.5. The molecule has 0 spiro atoms. The number of carbonyl (C=O) groups excluding carboxylic acids is 6. The molecule has 8 bridgehead atoms. The Morgan fingerprint density at radius 2 is 0.759 bits per heavy atom. The first-order chi connectivity index (χ1) is 53.2. The van der Waals surface area contributed by atoms with E-state index in [-0.39, 0.29) is 74.1 Å². The summed E-state index contributed by atoms with van der Waals surface area (Å²) in [6, 6.07) is 54.1. The van der Waals surface area contributed by atoms with E-state index in [1.807, 2.05) is 58.0 Å². The summed E-state index contributed by atoms with van der Waals surface area (Å²) in [4.78, 5) is 80.8. The highest BCUT2D eigenvalue weighted by atomic mass is 32.2. The van der Waals surface area contributed by atoms with Crippen molar-refractivity contribution >= 4 is 67.7 Å². The van der Waals surface area contributed by atoms with Crippen LogP contribution >= 0.6 is 0 Å². The molecule has 8 aliphatic carbocycles. The highest BCUT2D eigenvalue weighted by Crippen LogP contribution is 2.61. The van der Waals surface area contributed by atoms with E-state index in [2.05, 4.69) is 150 Å². The van der Waals surface area contributed by atoms with Crippen LogP contribution in [0.5, 0.6) is 11.5 Å². The largest absolute Gasteiger partial charge is 0.743 e. The molecule has 6 aromatic carbocycles.